The summed E-state index contributed by atoms with van der Waals surface area (Å²) in [6.07, 6.45) is -4.53. The van der Waals surface area contributed by atoms with E-state index in [1.165, 1.54) is 19.1 Å². The molecule has 10 heteroatoms. The highest BCUT2D eigenvalue weighted by Crippen LogP contribution is 2.30. The van der Waals surface area contributed by atoms with Crippen LogP contribution in [-0.4, -0.2) is 28.8 Å². The fraction of sp³-hybridized carbons (Fsp3) is 0.190. The van der Waals surface area contributed by atoms with E-state index in [1.54, 1.807) is 18.2 Å². The quantitative estimate of drug-likeness (QED) is 0.521. The number of rotatable bonds is 6. The Kier molecular flexibility index (Phi) is 6.79. The Morgan fingerprint density at radius 2 is 1.90 bits per heavy atom. The standard InChI is InChI=1S/C21H17BrF3N3O3/c1-13-10-18(29)19(20(30)26-8-9-31-17-7-3-5-15(22)12-17)27-28(13)16-6-2-4-14(11-16)21(23,24)25/h2-7,10-12H,8-9H2,1H3,(H,26,30). The number of hydrogen-bond donors (Lipinski definition) is 1. The van der Waals surface area contributed by atoms with Gasteiger partial charge in [0.05, 0.1) is 17.8 Å². The summed E-state index contributed by atoms with van der Waals surface area (Å²) in [5, 5.41) is 6.52. The van der Waals surface area contributed by atoms with Crippen LogP contribution in [0, 0.1) is 6.92 Å². The number of carbonyl (C=O) groups excluding carboxylic acids is 1. The zero-order chi connectivity index (χ0) is 22.6. The lowest BCUT2D eigenvalue weighted by Gasteiger charge is -2.13. The second kappa shape index (κ2) is 9.34. The first-order valence-electron chi connectivity index (χ1n) is 9.10. The number of alkyl halides is 3. The van der Waals surface area contributed by atoms with Crippen LogP contribution in [0.1, 0.15) is 21.7 Å². The molecule has 3 rings (SSSR count). The van der Waals surface area contributed by atoms with Crippen molar-refractivity contribution in [1.29, 1.82) is 0 Å². The van der Waals surface area contributed by atoms with Gasteiger partial charge < -0.3 is 10.1 Å². The van der Waals surface area contributed by atoms with Crippen molar-refractivity contribution in [3.63, 3.8) is 0 Å². The van der Waals surface area contributed by atoms with Crippen LogP contribution in [0.2, 0.25) is 0 Å². The van der Waals surface area contributed by atoms with Gasteiger partial charge in [0.2, 0.25) is 5.43 Å². The van der Waals surface area contributed by atoms with Crippen LogP contribution in [0.4, 0.5) is 13.2 Å². The van der Waals surface area contributed by atoms with Gasteiger partial charge in [-0.05, 0) is 43.3 Å². The Morgan fingerprint density at radius 3 is 2.61 bits per heavy atom. The molecule has 0 fully saturated rings. The minimum atomic E-state index is -4.53. The van der Waals surface area contributed by atoms with Gasteiger partial charge in [-0.3, -0.25) is 9.59 Å². The number of halogens is 4. The van der Waals surface area contributed by atoms with Gasteiger partial charge in [-0.1, -0.05) is 28.1 Å². The Bertz CT molecular complexity index is 1160. The van der Waals surface area contributed by atoms with Gasteiger partial charge in [0.25, 0.3) is 5.91 Å². The predicted molar refractivity (Wildman–Crippen MR) is 112 cm³/mol. The van der Waals surface area contributed by atoms with Crippen molar-refractivity contribution in [3.8, 4) is 11.4 Å². The summed E-state index contributed by atoms with van der Waals surface area (Å²) in [4.78, 5) is 24.7. The number of carbonyl (C=O) groups is 1. The maximum Gasteiger partial charge on any atom is 0.416 e. The van der Waals surface area contributed by atoms with Crippen molar-refractivity contribution in [1.82, 2.24) is 15.1 Å². The molecule has 6 nitrogen and oxygen atoms in total. The average molecular weight is 496 g/mol. The molecular formula is C21H17BrF3N3O3. The van der Waals surface area contributed by atoms with Crippen molar-refractivity contribution < 1.29 is 22.7 Å². The molecule has 0 bridgehead atoms. The third kappa shape index (κ3) is 5.72. The Balaban J connectivity index is 1.75. The minimum absolute atomic E-state index is 0.0827. The Labute approximate surface area is 183 Å². The summed E-state index contributed by atoms with van der Waals surface area (Å²) in [5.41, 5.74) is -1.55. The highest BCUT2D eigenvalue weighted by molar-refractivity contribution is 9.10. The SMILES string of the molecule is Cc1cc(=O)c(C(=O)NCCOc2cccc(Br)c2)nn1-c1cccc(C(F)(F)F)c1. The molecule has 0 aliphatic carbocycles. The molecule has 1 heterocycles. The van der Waals surface area contributed by atoms with Gasteiger partial charge in [0.15, 0.2) is 5.69 Å². The van der Waals surface area contributed by atoms with E-state index in [0.717, 1.165) is 27.4 Å². The molecule has 0 unspecified atom stereocenters. The zero-order valence-electron chi connectivity index (χ0n) is 16.2. The van der Waals surface area contributed by atoms with E-state index in [9.17, 15) is 22.8 Å². The van der Waals surface area contributed by atoms with Crippen molar-refractivity contribution in [2.24, 2.45) is 0 Å². The molecule has 2 aromatic carbocycles. The smallest absolute Gasteiger partial charge is 0.416 e. The number of amides is 1. The molecule has 1 aromatic heterocycles. The topological polar surface area (TPSA) is 73.2 Å². The third-order valence-corrected chi connectivity index (χ3v) is 4.69. The van der Waals surface area contributed by atoms with Crippen LogP contribution in [0.25, 0.3) is 5.69 Å². The lowest BCUT2D eigenvalue weighted by Crippen LogP contribution is -2.34. The molecule has 162 valence electrons. The molecule has 0 saturated heterocycles. The van der Waals surface area contributed by atoms with E-state index in [4.69, 9.17) is 4.74 Å². The average Bonchev–Trinajstić information content (AvgIpc) is 2.71. The van der Waals surface area contributed by atoms with E-state index >= 15 is 0 Å². The maximum absolute atomic E-state index is 13.0. The Hall–Kier alpha value is -3.14. The zero-order valence-corrected chi connectivity index (χ0v) is 17.8. The highest BCUT2D eigenvalue weighted by Gasteiger charge is 2.30. The first-order chi connectivity index (χ1) is 14.6. The van der Waals surface area contributed by atoms with E-state index in [0.29, 0.717) is 11.4 Å². The first-order valence-corrected chi connectivity index (χ1v) is 9.89. The molecule has 31 heavy (non-hydrogen) atoms. The van der Waals surface area contributed by atoms with Gasteiger partial charge in [0.1, 0.15) is 12.4 Å². The molecule has 0 spiro atoms. The van der Waals surface area contributed by atoms with Crippen LogP contribution < -0.4 is 15.5 Å². The van der Waals surface area contributed by atoms with Crippen LogP contribution in [0.3, 0.4) is 0 Å². The summed E-state index contributed by atoms with van der Waals surface area (Å²) in [5.74, 6) is -0.146. The predicted octanol–water partition coefficient (Wildman–Crippen LogP) is 4.13. The number of benzene rings is 2. The number of nitrogens with one attached hydrogen (secondary N) is 1. The van der Waals surface area contributed by atoms with Crippen molar-refractivity contribution in [2.75, 3.05) is 13.2 Å². The van der Waals surface area contributed by atoms with Crippen molar-refractivity contribution >= 4 is 21.8 Å². The third-order valence-electron chi connectivity index (χ3n) is 4.19. The second-order valence-electron chi connectivity index (χ2n) is 6.52. The highest BCUT2D eigenvalue weighted by atomic mass is 79.9. The maximum atomic E-state index is 13.0. The summed E-state index contributed by atoms with van der Waals surface area (Å²) >= 11 is 3.32. The molecule has 0 aliphatic heterocycles. The molecule has 1 N–H and O–H groups in total. The minimum Gasteiger partial charge on any atom is -0.492 e. The summed E-state index contributed by atoms with van der Waals surface area (Å²) in [6.45, 7) is 1.77. The molecule has 0 aliphatic rings. The van der Waals surface area contributed by atoms with Crippen LogP contribution in [0.15, 0.2) is 63.9 Å². The van der Waals surface area contributed by atoms with E-state index in [2.05, 4.69) is 26.3 Å². The number of ether oxygens (including phenoxy) is 1. The number of aryl methyl sites for hydroxylation is 1. The summed E-state index contributed by atoms with van der Waals surface area (Å²) in [7, 11) is 0. The number of hydrogen-bond acceptors (Lipinski definition) is 4. The van der Waals surface area contributed by atoms with E-state index in [1.807, 2.05) is 6.07 Å². The van der Waals surface area contributed by atoms with Crippen molar-refractivity contribution in [2.45, 2.75) is 13.1 Å². The van der Waals surface area contributed by atoms with Gasteiger partial charge in [-0.25, -0.2) is 4.68 Å². The van der Waals surface area contributed by atoms with Crippen LogP contribution >= 0.6 is 15.9 Å². The molecular weight excluding hydrogens is 479 g/mol. The van der Waals surface area contributed by atoms with E-state index < -0.39 is 28.8 Å². The molecule has 0 radical (unpaired) electrons. The van der Waals surface area contributed by atoms with Crippen LogP contribution in [0.5, 0.6) is 5.75 Å². The first kappa shape index (κ1) is 22.5. The fourth-order valence-corrected chi connectivity index (χ4v) is 3.13. The van der Waals surface area contributed by atoms with Gasteiger partial charge >= 0.3 is 6.18 Å². The molecule has 0 atom stereocenters. The largest absolute Gasteiger partial charge is 0.492 e. The lowest BCUT2D eigenvalue weighted by molar-refractivity contribution is -0.137. The van der Waals surface area contributed by atoms with Gasteiger partial charge in [-0.2, -0.15) is 18.3 Å². The normalized spacial score (nSPS) is 11.3. The fourth-order valence-electron chi connectivity index (χ4n) is 2.75. The summed E-state index contributed by atoms with van der Waals surface area (Å²) < 4.78 is 46.5. The number of nitrogens with zero attached hydrogens (tertiary/aromatic N) is 2. The molecule has 0 saturated carbocycles. The van der Waals surface area contributed by atoms with Crippen LogP contribution in [-0.2, 0) is 6.18 Å². The Morgan fingerprint density at radius 1 is 1.16 bits per heavy atom. The van der Waals surface area contributed by atoms with Crippen molar-refractivity contribution in [3.05, 3.63) is 86.2 Å². The van der Waals surface area contributed by atoms with Gasteiger partial charge in [0, 0.05) is 16.2 Å². The lowest BCUT2D eigenvalue weighted by atomic mass is 10.2. The monoisotopic (exact) mass is 495 g/mol. The number of aromatic nitrogens is 2. The van der Waals surface area contributed by atoms with Gasteiger partial charge in [-0.15, -0.1) is 0 Å². The molecule has 3 aromatic rings. The van der Waals surface area contributed by atoms with E-state index in [-0.39, 0.29) is 18.8 Å². The molecule has 1 amide bonds. The summed E-state index contributed by atoms with van der Waals surface area (Å²) in [6, 6.07) is 12.8. The second-order valence-corrected chi connectivity index (χ2v) is 7.44.